The van der Waals surface area contributed by atoms with Crippen molar-refractivity contribution in [3.63, 3.8) is 0 Å². The Balaban J connectivity index is 2.01. The van der Waals surface area contributed by atoms with Crippen molar-refractivity contribution in [2.75, 3.05) is 5.32 Å². The van der Waals surface area contributed by atoms with Crippen LogP contribution in [0.15, 0.2) is 64.1 Å². The van der Waals surface area contributed by atoms with Gasteiger partial charge in [-0.05, 0) is 30.3 Å². The monoisotopic (exact) mass is 339 g/mol. The third-order valence-corrected chi connectivity index (χ3v) is 3.66. The minimum atomic E-state index is -0.254. The molecule has 4 rings (SSSR count). The molecule has 8 heteroatoms. The van der Waals surface area contributed by atoms with Crippen LogP contribution in [0.3, 0.4) is 0 Å². The number of aromatic nitrogens is 4. The molecule has 0 aliphatic heterocycles. The molecule has 0 atom stereocenters. The SMILES string of the molecule is O=c1c2cc(Cl)ccc2nc(Nc2nnco2)n1-c1ccccc1. The number of hydrogen-bond donors (Lipinski definition) is 1. The lowest BCUT2D eigenvalue weighted by molar-refractivity contribution is 0.570. The number of benzene rings is 2. The van der Waals surface area contributed by atoms with E-state index in [0.717, 1.165) is 0 Å². The molecule has 4 aromatic rings. The normalized spacial score (nSPS) is 10.9. The van der Waals surface area contributed by atoms with Gasteiger partial charge in [-0.25, -0.2) is 9.55 Å². The van der Waals surface area contributed by atoms with Gasteiger partial charge in [-0.15, -0.1) is 5.10 Å². The molecule has 1 N–H and O–H groups in total. The van der Waals surface area contributed by atoms with Gasteiger partial charge in [-0.2, -0.15) is 0 Å². The quantitative estimate of drug-likeness (QED) is 0.617. The van der Waals surface area contributed by atoms with Gasteiger partial charge in [0.2, 0.25) is 12.3 Å². The largest absolute Gasteiger partial charge is 0.411 e. The molecular formula is C16H10ClN5O2. The third-order valence-electron chi connectivity index (χ3n) is 3.42. The van der Waals surface area contributed by atoms with Crippen LogP contribution in [0.2, 0.25) is 5.02 Å². The van der Waals surface area contributed by atoms with Crippen molar-refractivity contribution in [3.05, 3.63) is 70.3 Å². The predicted octanol–water partition coefficient (Wildman–Crippen LogP) is 3.17. The van der Waals surface area contributed by atoms with Crippen LogP contribution in [0.5, 0.6) is 0 Å². The highest BCUT2D eigenvalue weighted by Crippen LogP contribution is 2.21. The number of halogens is 1. The van der Waals surface area contributed by atoms with Crippen molar-refractivity contribution in [2.45, 2.75) is 0 Å². The minimum absolute atomic E-state index is 0.139. The second kappa shape index (κ2) is 5.78. The van der Waals surface area contributed by atoms with Gasteiger partial charge in [0.25, 0.3) is 5.56 Å². The van der Waals surface area contributed by atoms with Crippen molar-refractivity contribution in [1.29, 1.82) is 0 Å². The van der Waals surface area contributed by atoms with E-state index in [2.05, 4.69) is 20.5 Å². The zero-order valence-electron chi connectivity index (χ0n) is 12.2. The summed E-state index contributed by atoms with van der Waals surface area (Å²) in [7, 11) is 0. The number of nitrogens with one attached hydrogen (secondary N) is 1. The van der Waals surface area contributed by atoms with E-state index < -0.39 is 0 Å². The first-order valence-corrected chi connectivity index (χ1v) is 7.41. The van der Waals surface area contributed by atoms with Crippen LogP contribution in [0, 0.1) is 0 Å². The summed E-state index contributed by atoms with van der Waals surface area (Å²) in [6, 6.07) is 14.2. The maximum Gasteiger partial charge on any atom is 0.322 e. The lowest BCUT2D eigenvalue weighted by atomic mass is 10.2. The predicted molar refractivity (Wildman–Crippen MR) is 89.9 cm³/mol. The number of rotatable bonds is 3. The lowest BCUT2D eigenvalue weighted by Crippen LogP contribution is -2.22. The Morgan fingerprint density at radius 2 is 1.96 bits per heavy atom. The van der Waals surface area contributed by atoms with Gasteiger partial charge in [0.05, 0.1) is 16.6 Å². The molecule has 0 bridgehead atoms. The molecule has 0 aliphatic carbocycles. The minimum Gasteiger partial charge on any atom is -0.411 e. The molecule has 0 amide bonds. The topological polar surface area (TPSA) is 85.8 Å². The fourth-order valence-corrected chi connectivity index (χ4v) is 2.55. The molecule has 0 saturated heterocycles. The van der Waals surface area contributed by atoms with E-state index in [-0.39, 0.29) is 17.5 Å². The fourth-order valence-electron chi connectivity index (χ4n) is 2.38. The van der Waals surface area contributed by atoms with Crippen molar-refractivity contribution >= 4 is 34.5 Å². The summed E-state index contributed by atoms with van der Waals surface area (Å²) in [6.07, 6.45) is 1.19. The number of nitrogens with zero attached hydrogens (tertiary/aromatic N) is 4. The van der Waals surface area contributed by atoms with Crippen LogP contribution in [0.4, 0.5) is 12.0 Å². The highest BCUT2D eigenvalue weighted by Gasteiger charge is 2.14. The van der Waals surface area contributed by atoms with E-state index in [1.165, 1.54) is 11.0 Å². The second-order valence-electron chi connectivity index (χ2n) is 4.94. The van der Waals surface area contributed by atoms with Gasteiger partial charge >= 0.3 is 6.01 Å². The maximum atomic E-state index is 13.0. The van der Waals surface area contributed by atoms with Crippen molar-refractivity contribution in [3.8, 4) is 5.69 Å². The molecule has 0 spiro atoms. The molecule has 2 aromatic heterocycles. The van der Waals surface area contributed by atoms with Crippen LogP contribution in [0.25, 0.3) is 16.6 Å². The summed E-state index contributed by atoms with van der Waals surface area (Å²) in [6.45, 7) is 0. The first kappa shape index (κ1) is 14.4. The molecule has 0 saturated carbocycles. The standard InChI is InChI=1S/C16H10ClN5O2/c17-10-6-7-13-12(8-10)14(23)22(11-4-2-1-3-5-11)15(19-13)20-16-21-18-9-24-16/h1-9H,(H,19,20,21). The molecule has 0 radical (unpaired) electrons. The van der Waals surface area contributed by atoms with Gasteiger partial charge in [-0.1, -0.05) is 34.9 Å². The van der Waals surface area contributed by atoms with Gasteiger partial charge < -0.3 is 4.42 Å². The Morgan fingerprint density at radius 3 is 2.71 bits per heavy atom. The second-order valence-corrected chi connectivity index (χ2v) is 5.38. The summed E-state index contributed by atoms with van der Waals surface area (Å²) >= 11 is 6.02. The zero-order chi connectivity index (χ0) is 16.5. The fraction of sp³-hybridized carbons (Fsp3) is 0. The highest BCUT2D eigenvalue weighted by molar-refractivity contribution is 6.31. The van der Waals surface area contributed by atoms with Gasteiger partial charge in [0.15, 0.2) is 0 Å². The smallest absolute Gasteiger partial charge is 0.322 e. The molecule has 24 heavy (non-hydrogen) atoms. The Kier molecular flexibility index (Phi) is 3.47. The van der Waals surface area contributed by atoms with E-state index in [1.807, 2.05) is 18.2 Å². The maximum absolute atomic E-state index is 13.0. The van der Waals surface area contributed by atoms with E-state index in [9.17, 15) is 4.79 Å². The zero-order valence-corrected chi connectivity index (χ0v) is 12.9. The number of para-hydroxylation sites is 1. The Labute approximate surface area is 140 Å². The summed E-state index contributed by atoms with van der Waals surface area (Å²) in [5.41, 5.74) is 0.910. The average molecular weight is 340 g/mol. The molecule has 0 aliphatic rings. The molecule has 2 heterocycles. The van der Waals surface area contributed by atoms with E-state index in [4.69, 9.17) is 16.0 Å². The van der Waals surface area contributed by atoms with Crippen molar-refractivity contribution in [1.82, 2.24) is 19.7 Å². The van der Waals surface area contributed by atoms with Crippen molar-refractivity contribution < 1.29 is 4.42 Å². The van der Waals surface area contributed by atoms with Crippen LogP contribution in [-0.4, -0.2) is 19.7 Å². The Hall–Kier alpha value is -3.19. The molecule has 2 aromatic carbocycles. The number of anilines is 2. The molecular weight excluding hydrogens is 330 g/mol. The first-order chi connectivity index (χ1) is 11.7. The van der Waals surface area contributed by atoms with Crippen molar-refractivity contribution in [2.24, 2.45) is 0 Å². The molecule has 118 valence electrons. The lowest BCUT2D eigenvalue weighted by Gasteiger charge is -2.13. The van der Waals surface area contributed by atoms with Crippen LogP contribution in [0.1, 0.15) is 0 Å². The summed E-state index contributed by atoms with van der Waals surface area (Å²) in [5, 5.41) is 11.1. The average Bonchev–Trinajstić information content (AvgIpc) is 3.10. The Bertz CT molecular complexity index is 1060. The summed E-state index contributed by atoms with van der Waals surface area (Å²) in [5.74, 6) is 0.269. The van der Waals surface area contributed by atoms with E-state index in [1.54, 1.807) is 30.3 Å². The molecule has 7 nitrogen and oxygen atoms in total. The van der Waals surface area contributed by atoms with E-state index >= 15 is 0 Å². The third kappa shape index (κ3) is 2.50. The van der Waals surface area contributed by atoms with Gasteiger partial charge in [0.1, 0.15) is 0 Å². The molecule has 0 fully saturated rings. The first-order valence-electron chi connectivity index (χ1n) is 7.03. The Morgan fingerprint density at radius 1 is 1.12 bits per heavy atom. The summed E-state index contributed by atoms with van der Waals surface area (Å²) in [4.78, 5) is 17.5. The highest BCUT2D eigenvalue weighted by atomic mass is 35.5. The van der Waals surface area contributed by atoms with Crippen LogP contribution < -0.4 is 10.9 Å². The number of hydrogen-bond acceptors (Lipinski definition) is 6. The van der Waals surface area contributed by atoms with Gasteiger partial charge in [-0.3, -0.25) is 10.1 Å². The molecule has 0 unspecified atom stereocenters. The van der Waals surface area contributed by atoms with E-state index in [0.29, 0.717) is 21.6 Å². The van der Waals surface area contributed by atoms with Gasteiger partial charge in [0, 0.05) is 5.02 Å². The summed E-state index contributed by atoms with van der Waals surface area (Å²) < 4.78 is 6.52. The van der Waals surface area contributed by atoms with Crippen LogP contribution >= 0.6 is 11.6 Å². The van der Waals surface area contributed by atoms with Crippen LogP contribution in [-0.2, 0) is 0 Å². The number of fused-ring (bicyclic) bond motifs is 1.